The Labute approximate surface area is 141 Å². The summed E-state index contributed by atoms with van der Waals surface area (Å²) < 4.78 is 11.0. The van der Waals surface area contributed by atoms with Gasteiger partial charge in [0, 0.05) is 12.1 Å². The van der Waals surface area contributed by atoms with Crippen molar-refractivity contribution < 1.29 is 8.94 Å². The van der Waals surface area contributed by atoms with E-state index >= 15 is 0 Å². The molecule has 0 radical (unpaired) electrons. The molecule has 3 aromatic heterocycles. The summed E-state index contributed by atoms with van der Waals surface area (Å²) in [5.41, 5.74) is 0.719. The third-order valence-electron chi connectivity index (χ3n) is 3.96. The second-order valence-electron chi connectivity index (χ2n) is 6.10. The summed E-state index contributed by atoms with van der Waals surface area (Å²) in [7, 11) is 2.05. The fourth-order valence-electron chi connectivity index (χ4n) is 2.50. The van der Waals surface area contributed by atoms with Crippen LogP contribution in [0.4, 0.5) is 0 Å². The van der Waals surface area contributed by atoms with Crippen LogP contribution >= 0.6 is 0 Å². The molecule has 0 N–H and O–H groups in total. The third-order valence-corrected chi connectivity index (χ3v) is 3.96. The molecule has 0 aliphatic carbocycles. The van der Waals surface area contributed by atoms with E-state index in [2.05, 4.69) is 33.0 Å². The molecule has 6 heteroatoms. The van der Waals surface area contributed by atoms with Crippen molar-refractivity contribution in [1.82, 2.24) is 20.0 Å². The number of aromatic nitrogens is 3. The summed E-state index contributed by atoms with van der Waals surface area (Å²) in [4.78, 5) is 10.8. The zero-order valence-corrected chi connectivity index (χ0v) is 14.3. The Balaban J connectivity index is 1.52. The number of furan rings is 1. The maximum Gasteiger partial charge on any atom is 0.241 e. The van der Waals surface area contributed by atoms with Crippen LogP contribution in [0.25, 0.3) is 11.5 Å². The summed E-state index contributed by atoms with van der Waals surface area (Å²) in [5, 5.41) is 3.99. The number of pyridine rings is 1. The molecule has 3 heterocycles. The lowest BCUT2D eigenvalue weighted by atomic mass is 10.1. The SMILES string of the molecule is Cc1ccc([C@H](C)CCN(C)Cc2nc(-c3ccccn3)no2)o1. The van der Waals surface area contributed by atoms with Gasteiger partial charge in [0.05, 0.1) is 6.54 Å². The molecule has 0 unspecified atom stereocenters. The smallest absolute Gasteiger partial charge is 0.241 e. The van der Waals surface area contributed by atoms with Crippen LogP contribution in [0.2, 0.25) is 0 Å². The highest BCUT2D eigenvalue weighted by Crippen LogP contribution is 2.21. The van der Waals surface area contributed by atoms with Crippen LogP contribution in [0, 0.1) is 6.92 Å². The lowest BCUT2D eigenvalue weighted by Crippen LogP contribution is -2.20. The predicted molar refractivity (Wildman–Crippen MR) is 90.3 cm³/mol. The minimum absolute atomic E-state index is 0.382. The average molecular weight is 326 g/mol. The second kappa shape index (κ2) is 7.40. The molecular weight excluding hydrogens is 304 g/mol. The molecule has 3 aromatic rings. The van der Waals surface area contributed by atoms with Gasteiger partial charge >= 0.3 is 0 Å². The first kappa shape index (κ1) is 16.4. The first-order valence-electron chi connectivity index (χ1n) is 8.10. The third kappa shape index (κ3) is 4.08. The summed E-state index contributed by atoms with van der Waals surface area (Å²) in [5.74, 6) is 3.50. The Bertz CT molecular complexity index is 766. The highest BCUT2D eigenvalue weighted by molar-refractivity contribution is 5.46. The van der Waals surface area contributed by atoms with E-state index in [1.807, 2.05) is 38.2 Å². The van der Waals surface area contributed by atoms with Crippen molar-refractivity contribution in [1.29, 1.82) is 0 Å². The van der Waals surface area contributed by atoms with Crippen LogP contribution in [-0.4, -0.2) is 33.6 Å². The van der Waals surface area contributed by atoms with Crippen molar-refractivity contribution >= 4 is 0 Å². The molecule has 0 saturated heterocycles. The zero-order valence-electron chi connectivity index (χ0n) is 14.3. The van der Waals surface area contributed by atoms with E-state index in [1.54, 1.807) is 6.20 Å². The standard InChI is InChI=1S/C18H22N4O2/c1-13(16-8-7-14(2)23-16)9-11-22(3)12-17-20-18(21-24-17)15-6-4-5-10-19-15/h4-8,10,13H,9,11-12H2,1-3H3/t13-/m1/s1. The van der Waals surface area contributed by atoms with E-state index in [0.29, 0.717) is 24.2 Å². The van der Waals surface area contributed by atoms with Gasteiger partial charge in [-0.1, -0.05) is 18.1 Å². The van der Waals surface area contributed by atoms with Crippen molar-refractivity contribution in [3.05, 3.63) is 53.9 Å². The molecule has 0 aliphatic heterocycles. The fraction of sp³-hybridized carbons (Fsp3) is 0.389. The Morgan fingerprint density at radius 1 is 1.21 bits per heavy atom. The first-order valence-corrected chi connectivity index (χ1v) is 8.10. The van der Waals surface area contributed by atoms with Gasteiger partial charge in [0.25, 0.3) is 0 Å². The van der Waals surface area contributed by atoms with Gasteiger partial charge in [0.1, 0.15) is 17.2 Å². The molecule has 0 aliphatic rings. The van der Waals surface area contributed by atoms with Crippen LogP contribution in [0.15, 0.2) is 45.5 Å². The number of nitrogens with zero attached hydrogens (tertiary/aromatic N) is 4. The summed E-state index contributed by atoms with van der Waals surface area (Å²) >= 11 is 0. The van der Waals surface area contributed by atoms with Crippen LogP contribution in [0.3, 0.4) is 0 Å². The minimum Gasteiger partial charge on any atom is -0.466 e. The quantitative estimate of drug-likeness (QED) is 0.660. The van der Waals surface area contributed by atoms with Crippen LogP contribution in [-0.2, 0) is 6.54 Å². The normalized spacial score (nSPS) is 12.7. The lowest BCUT2D eigenvalue weighted by molar-refractivity contribution is 0.257. The molecule has 1 atom stereocenters. The van der Waals surface area contributed by atoms with E-state index in [4.69, 9.17) is 8.94 Å². The highest BCUT2D eigenvalue weighted by Gasteiger charge is 2.14. The first-order chi connectivity index (χ1) is 11.6. The maximum absolute atomic E-state index is 5.68. The van der Waals surface area contributed by atoms with Gasteiger partial charge in [0.15, 0.2) is 0 Å². The van der Waals surface area contributed by atoms with Gasteiger partial charge in [-0.25, -0.2) is 0 Å². The molecule has 0 aromatic carbocycles. The van der Waals surface area contributed by atoms with Gasteiger partial charge < -0.3 is 8.94 Å². The Morgan fingerprint density at radius 3 is 2.79 bits per heavy atom. The summed E-state index contributed by atoms with van der Waals surface area (Å²) in [6.45, 7) is 5.68. The van der Waals surface area contributed by atoms with Gasteiger partial charge in [-0.3, -0.25) is 9.88 Å². The Kier molecular flexibility index (Phi) is 5.05. The monoisotopic (exact) mass is 326 g/mol. The molecule has 0 amide bonds. The van der Waals surface area contributed by atoms with Crippen LogP contribution in [0.1, 0.15) is 36.7 Å². The number of hydrogen-bond acceptors (Lipinski definition) is 6. The van der Waals surface area contributed by atoms with Gasteiger partial charge in [-0.15, -0.1) is 0 Å². The summed E-state index contributed by atoms with van der Waals surface area (Å²) in [6.07, 6.45) is 2.72. The Morgan fingerprint density at radius 2 is 2.08 bits per heavy atom. The molecule has 3 rings (SSSR count). The number of aryl methyl sites for hydroxylation is 1. The number of rotatable bonds is 7. The Hall–Kier alpha value is -2.47. The van der Waals surface area contributed by atoms with Crippen molar-refractivity contribution in [3.63, 3.8) is 0 Å². The molecule has 24 heavy (non-hydrogen) atoms. The van der Waals surface area contributed by atoms with E-state index < -0.39 is 0 Å². The summed E-state index contributed by atoms with van der Waals surface area (Å²) in [6, 6.07) is 9.69. The molecular formula is C18H22N4O2. The molecule has 6 nitrogen and oxygen atoms in total. The second-order valence-corrected chi connectivity index (χ2v) is 6.10. The lowest BCUT2D eigenvalue weighted by Gasteiger charge is -2.16. The van der Waals surface area contributed by atoms with Gasteiger partial charge in [-0.2, -0.15) is 4.98 Å². The van der Waals surface area contributed by atoms with Crippen molar-refractivity contribution in [2.24, 2.45) is 0 Å². The van der Waals surface area contributed by atoms with Crippen molar-refractivity contribution in [2.75, 3.05) is 13.6 Å². The molecule has 0 spiro atoms. The highest BCUT2D eigenvalue weighted by atomic mass is 16.5. The fourth-order valence-corrected chi connectivity index (χ4v) is 2.50. The molecule has 126 valence electrons. The maximum atomic E-state index is 5.68. The number of hydrogen-bond donors (Lipinski definition) is 0. The van der Waals surface area contributed by atoms with E-state index in [0.717, 1.165) is 30.2 Å². The van der Waals surface area contributed by atoms with Crippen LogP contribution in [0.5, 0.6) is 0 Å². The molecule has 0 fully saturated rings. The zero-order chi connectivity index (χ0) is 16.9. The van der Waals surface area contributed by atoms with Crippen LogP contribution < -0.4 is 0 Å². The van der Waals surface area contributed by atoms with Crippen molar-refractivity contribution in [2.45, 2.75) is 32.7 Å². The van der Waals surface area contributed by atoms with E-state index in [-0.39, 0.29) is 0 Å². The van der Waals surface area contributed by atoms with E-state index in [9.17, 15) is 0 Å². The topological polar surface area (TPSA) is 68.2 Å². The van der Waals surface area contributed by atoms with Gasteiger partial charge in [0.2, 0.25) is 11.7 Å². The minimum atomic E-state index is 0.382. The molecule has 0 bridgehead atoms. The van der Waals surface area contributed by atoms with Crippen molar-refractivity contribution in [3.8, 4) is 11.5 Å². The van der Waals surface area contributed by atoms with E-state index in [1.165, 1.54) is 0 Å². The molecule has 0 saturated carbocycles. The largest absolute Gasteiger partial charge is 0.466 e. The predicted octanol–water partition coefficient (Wildman–Crippen LogP) is 3.66. The average Bonchev–Trinajstić information content (AvgIpc) is 3.23. The van der Waals surface area contributed by atoms with Gasteiger partial charge in [-0.05, 0) is 51.2 Å².